The molecule has 3 rings (SSSR count). The fourth-order valence-corrected chi connectivity index (χ4v) is 2.66. The van der Waals surface area contributed by atoms with Gasteiger partial charge in [-0.15, -0.1) is 0 Å². The maximum Gasteiger partial charge on any atom is 0.0726 e. The summed E-state index contributed by atoms with van der Waals surface area (Å²) in [6.45, 7) is 2.57. The third-order valence-electron chi connectivity index (χ3n) is 3.79. The number of nitrogens with zero attached hydrogens (tertiary/aromatic N) is 2. The molecule has 0 saturated carbocycles. The molecule has 0 fully saturated rings. The average molecular weight is 277 g/mol. The summed E-state index contributed by atoms with van der Waals surface area (Å²) in [5.41, 5.74) is 11.3. The molecule has 0 bridgehead atoms. The SMILES string of the molecule is Cc1ccccc1N(C)c1cc(CN)nc2ccccc12. The number of anilines is 2. The number of nitrogens with two attached hydrogens (primary N) is 1. The summed E-state index contributed by atoms with van der Waals surface area (Å²) in [6, 6.07) is 18.6. The molecule has 106 valence electrons. The highest BCUT2D eigenvalue weighted by molar-refractivity contribution is 5.94. The molecule has 1 heterocycles. The van der Waals surface area contributed by atoms with E-state index in [1.807, 2.05) is 18.2 Å². The van der Waals surface area contributed by atoms with Crippen LogP contribution in [0.4, 0.5) is 11.4 Å². The van der Waals surface area contributed by atoms with E-state index in [2.05, 4.69) is 60.3 Å². The normalized spacial score (nSPS) is 10.8. The topological polar surface area (TPSA) is 42.1 Å². The van der Waals surface area contributed by atoms with Crippen LogP contribution in [0.1, 0.15) is 11.3 Å². The van der Waals surface area contributed by atoms with Crippen LogP contribution in [-0.2, 0) is 6.54 Å². The highest BCUT2D eigenvalue weighted by Gasteiger charge is 2.12. The van der Waals surface area contributed by atoms with Crippen LogP contribution in [0.3, 0.4) is 0 Å². The quantitative estimate of drug-likeness (QED) is 0.792. The molecule has 0 atom stereocenters. The van der Waals surface area contributed by atoms with E-state index in [0.29, 0.717) is 6.54 Å². The van der Waals surface area contributed by atoms with E-state index in [0.717, 1.165) is 22.3 Å². The van der Waals surface area contributed by atoms with Gasteiger partial charge in [-0.05, 0) is 30.7 Å². The number of benzene rings is 2. The van der Waals surface area contributed by atoms with E-state index < -0.39 is 0 Å². The molecule has 21 heavy (non-hydrogen) atoms. The minimum Gasteiger partial charge on any atom is -0.344 e. The Morgan fingerprint density at radius 2 is 1.71 bits per heavy atom. The first-order valence-corrected chi connectivity index (χ1v) is 7.09. The first-order chi connectivity index (χ1) is 10.2. The van der Waals surface area contributed by atoms with Crippen LogP contribution in [0.5, 0.6) is 0 Å². The summed E-state index contributed by atoms with van der Waals surface area (Å²) < 4.78 is 0. The number of hydrogen-bond donors (Lipinski definition) is 1. The molecule has 0 aliphatic heterocycles. The van der Waals surface area contributed by atoms with Gasteiger partial charge in [-0.1, -0.05) is 36.4 Å². The van der Waals surface area contributed by atoms with Crippen molar-refractivity contribution in [3.63, 3.8) is 0 Å². The molecule has 0 aliphatic rings. The molecule has 2 aromatic carbocycles. The van der Waals surface area contributed by atoms with Crippen LogP contribution in [0.25, 0.3) is 10.9 Å². The van der Waals surface area contributed by atoms with Crippen molar-refractivity contribution >= 4 is 22.3 Å². The third kappa shape index (κ3) is 2.48. The van der Waals surface area contributed by atoms with Crippen molar-refractivity contribution < 1.29 is 0 Å². The standard InChI is InChI=1S/C18H19N3/c1-13-7-3-6-10-17(13)21(2)18-11-14(12-19)20-16-9-5-4-8-15(16)18/h3-11H,12,19H2,1-2H3. The van der Waals surface area contributed by atoms with Crippen LogP contribution in [0, 0.1) is 6.92 Å². The molecule has 3 nitrogen and oxygen atoms in total. The molecule has 0 unspecified atom stereocenters. The van der Waals surface area contributed by atoms with Crippen molar-refractivity contribution in [2.24, 2.45) is 5.73 Å². The van der Waals surface area contributed by atoms with Gasteiger partial charge in [0.25, 0.3) is 0 Å². The summed E-state index contributed by atoms with van der Waals surface area (Å²) in [7, 11) is 2.09. The summed E-state index contributed by atoms with van der Waals surface area (Å²) in [4.78, 5) is 6.81. The maximum absolute atomic E-state index is 5.80. The van der Waals surface area contributed by atoms with Gasteiger partial charge in [0.2, 0.25) is 0 Å². The van der Waals surface area contributed by atoms with E-state index in [9.17, 15) is 0 Å². The van der Waals surface area contributed by atoms with E-state index >= 15 is 0 Å². The van der Waals surface area contributed by atoms with Gasteiger partial charge >= 0.3 is 0 Å². The Morgan fingerprint density at radius 3 is 2.48 bits per heavy atom. The Morgan fingerprint density at radius 1 is 1.00 bits per heavy atom. The fraction of sp³-hybridized carbons (Fsp3) is 0.167. The number of para-hydroxylation sites is 2. The first kappa shape index (κ1) is 13.6. The molecule has 0 radical (unpaired) electrons. The molecule has 0 aliphatic carbocycles. The van der Waals surface area contributed by atoms with Crippen molar-refractivity contribution in [1.29, 1.82) is 0 Å². The van der Waals surface area contributed by atoms with Crippen LogP contribution in [0.15, 0.2) is 54.6 Å². The van der Waals surface area contributed by atoms with E-state index in [1.165, 1.54) is 11.3 Å². The Bertz CT molecular complexity index is 780. The molecule has 3 heteroatoms. The lowest BCUT2D eigenvalue weighted by Crippen LogP contribution is -2.13. The van der Waals surface area contributed by atoms with Crippen LogP contribution in [0.2, 0.25) is 0 Å². The molecule has 1 aromatic heterocycles. The van der Waals surface area contributed by atoms with E-state index in [4.69, 9.17) is 5.73 Å². The second kappa shape index (κ2) is 5.54. The van der Waals surface area contributed by atoms with Gasteiger partial charge in [0.15, 0.2) is 0 Å². The van der Waals surface area contributed by atoms with Crippen LogP contribution < -0.4 is 10.6 Å². The monoisotopic (exact) mass is 277 g/mol. The predicted molar refractivity (Wildman–Crippen MR) is 88.9 cm³/mol. The number of hydrogen-bond acceptors (Lipinski definition) is 3. The largest absolute Gasteiger partial charge is 0.344 e. The zero-order valence-corrected chi connectivity index (χ0v) is 12.4. The highest BCUT2D eigenvalue weighted by Crippen LogP contribution is 2.32. The minimum absolute atomic E-state index is 0.444. The summed E-state index contributed by atoms with van der Waals surface area (Å²) in [6.07, 6.45) is 0. The molecule has 0 amide bonds. The van der Waals surface area contributed by atoms with E-state index in [1.54, 1.807) is 0 Å². The Kier molecular flexibility index (Phi) is 3.59. The van der Waals surface area contributed by atoms with Crippen molar-refractivity contribution in [2.75, 3.05) is 11.9 Å². The predicted octanol–water partition coefficient (Wildman–Crippen LogP) is 3.77. The van der Waals surface area contributed by atoms with Gasteiger partial charge in [-0.3, -0.25) is 4.98 Å². The average Bonchev–Trinajstić information content (AvgIpc) is 2.53. The van der Waals surface area contributed by atoms with Crippen molar-refractivity contribution in [3.8, 4) is 0 Å². The van der Waals surface area contributed by atoms with Crippen molar-refractivity contribution in [2.45, 2.75) is 13.5 Å². The zero-order chi connectivity index (χ0) is 14.8. The molecule has 3 aromatic rings. The second-order valence-corrected chi connectivity index (χ2v) is 5.20. The Hall–Kier alpha value is -2.39. The van der Waals surface area contributed by atoms with Crippen molar-refractivity contribution in [1.82, 2.24) is 4.98 Å². The Balaban J connectivity index is 2.21. The molecule has 0 saturated heterocycles. The minimum atomic E-state index is 0.444. The van der Waals surface area contributed by atoms with Gasteiger partial charge in [0.1, 0.15) is 0 Å². The van der Waals surface area contributed by atoms with E-state index in [-0.39, 0.29) is 0 Å². The Labute approximate surface area is 125 Å². The fourth-order valence-electron chi connectivity index (χ4n) is 2.66. The summed E-state index contributed by atoms with van der Waals surface area (Å²) in [5.74, 6) is 0. The lowest BCUT2D eigenvalue weighted by molar-refractivity contribution is 1.00. The smallest absolute Gasteiger partial charge is 0.0726 e. The second-order valence-electron chi connectivity index (χ2n) is 5.20. The summed E-state index contributed by atoms with van der Waals surface area (Å²) in [5, 5.41) is 1.14. The van der Waals surface area contributed by atoms with Crippen molar-refractivity contribution in [3.05, 3.63) is 65.9 Å². The van der Waals surface area contributed by atoms with Crippen LogP contribution >= 0.6 is 0 Å². The number of pyridine rings is 1. The summed E-state index contributed by atoms with van der Waals surface area (Å²) >= 11 is 0. The first-order valence-electron chi connectivity index (χ1n) is 7.09. The zero-order valence-electron chi connectivity index (χ0n) is 12.4. The molecular weight excluding hydrogens is 258 g/mol. The van der Waals surface area contributed by atoms with Gasteiger partial charge in [0.05, 0.1) is 16.9 Å². The van der Waals surface area contributed by atoms with Gasteiger partial charge in [0, 0.05) is 24.7 Å². The van der Waals surface area contributed by atoms with Gasteiger partial charge in [-0.2, -0.15) is 0 Å². The van der Waals surface area contributed by atoms with Crippen LogP contribution in [-0.4, -0.2) is 12.0 Å². The molecular formula is C18H19N3. The number of rotatable bonds is 3. The molecule has 2 N–H and O–H groups in total. The number of aryl methyl sites for hydroxylation is 1. The number of fused-ring (bicyclic) bond motifs is 1. The lowest BCUT2D eigenvalue weighted by Gasteiger charge is -2.23. The lowest BCUT2D eigenvalue weighted by atomic mass is 10.1. The highest BCUT2D eigenvalue weighted by atomic mass is 15.1. The molecule has 0 spiro atoms. The third-order valence-corrected chi connectivity index (χ3v) is 3.79. The van der Waals surface area contributed by atoms with Gasteiger partial charge in [-0.25, -0.2) is 0 Å². The maximum atomic E-state index is 5.80. The number of aromatic nitrogens is 1. The van der Waals surface area contributed by atoms with Gasteiger partial charge < -0.3 is 10.6 Å².